The number of aromatic hydroxyl groups is 1. The number of para-hydroxylation sites is 2. The number of unbranched alkanes of at least 4 members (excludes halogenated alkanes) is 2. The number of nitrogens with one attached hydrogen (secondary N) is 13. The Morgan fingerprint density at radius 3 is 1.70 bits per heavy atom. The van der Waals surface area contributed by atoms with Crippen molar-refractivity contribution < 1.29 is 91.7 Å². The zero-order valence-corrected chi connectivity index (χ0v) is 78.9. The lowest BCUT2D eigenvalue weighted by molar-refractivity contribution is -0.149. The van der Waals surface area contributed by atoms with Gasteiger partial charge >= 0.3 is 0 Å². The Bertz CT molecular complexity index is 4910. The predicted molar refractivity (Wildman–Crippen MR) is 498 cm³/mol. The predicted octanol–water partition coefficient (Wildman–Crippen LogP) is -0.931. The number of benzene rings is 3. The summed E-state index contributed by atoms with van der Waals surface area (Å²) in [5.41, 5.74) is 14.8. The van der Waals surface area contributed by atoms with Crippen LogP contribution in [-0.4, -0.2) is 327 Å². The lowest BCUT2D eigenvalue weighted by Crippen LogP contribution is -2.61. The van der Waals surface area contributed by atoms with Gasteiger partial charge in [-0.15, -0.1) is 11.8 Å². The Morgan fingerprint density at radius 2 is 1.09 bits per heavy atom. The Hall–Kier alpha value is -12.2. The number of primary amides is 1. The number of carbonyl (C=O) groups is 17. The van der Waals surface area contributed by atoms with Crippen LogP contribution >= 0.6 is 11.8 Å². The number of nitrogens with zero attached hydrogens (tertiary/aromatic N) is 6. The summed E-state index contributed by atoms with van der Waals surface area (Å²) in [6, 6.07) is 1.00. The Morgan fingerprint density at radius 1 is 0.556 bits per heavy atom. The fourth-order valence-corrected chi connectivity index (χ4v) is 17.4. The molecule has 8 rings (SSSR count). The van der Waals surface area contributed by atoms with Crippen molar-refractivity contribution in [3.05, 3.63) is 102 Å². The molecule has 3 aliphatic rings. The zero-order valence-electron chi connectivity index (χ0n) is 78.1. The maximum absolute atomic E-state index is 15.6. The molecule has 5 heterocycles. The van der Waals surface area contributed by atoms with E-state index in [1.165, 1.54) is 62.1 Å². The second-order valence-electron chi connectivity index (χ2n) is 35.7. The minimum absolute atomic E-state index is 0.00310. The molecule has 1 unspecified atom stereocenters. The molecule has 0 bridgehead atoms. The number of fused-ring (bicyclic) bond motifs is 4. The van der Waals surface area contributed by atoms with E-state index >= 15 is 28.8 Å². The SMILES string of the molecule is CCCC[C@H]1C(=O)N(C)[C@@H](CCCC)C(=O)N[C@@H](CC(C)C)C(=O)N[C@H](C(=O)NCC(=O)NCCCN(C)C)CSCC(=O)N[C@@H](Cc2ccc(O)cc2)C(=O)N(C)[C@@H](C)C(=O)N[C@@H](CC(N)=O)C(=O)N2CCC[C@H]2C(=O)N[C@@H](CN)C(=O)N[C@@H](CC(C)C)C(=O)N2C[C@H](O)C[C@H]2C(=O)N[C@@H](Cc2c[nH]c3ccccc23)C(=O)NCC(=O)NC(Cc2c[nH]c3ccccc23)C(=O)N1C. The van der Waals surface area contributed by atoms with Crippen LogP contribution in [0.1, 0.15) is 149 Å². The second kappa shape index (κ2) is 51.1. The van der Waals surface area contributed by atoms with Crippen molar-refractivity contribution >= 4 is 134 Å². The molecule has 3 aliphatic heterocycles. The number of amides is 17. The van der Waals surface area contributed by atoms with Gasteiger partial charge in [-0.05, 0) is 125 Å². The third-order valence-corrected chi connectivity index (χ3v) is 25.1. The summed E-state index contributed by atoms with van der Waals surface area (Å²) in [6.45, 7) is 10.6. The molecular weight excluding hydrogens is 1740 g/mol. The second-order valence-corrected chi connectivity index (χ2v) is 36.7. The van der Waals surface area contributed by atoms with Crippen molar-refractivity contribution in [2.45, 2.75) is 236 Å². The van der Waals surface area contributed by atoms with Gasteiger partial charge in [-0.2, -0.15) is 0 Å². The number of H-pyrrole nitrogens is 2. The summed E-state index contributed by atoms with van der Waals surface area (Å²) in [5.74, 6) is -16.2. The minimum atomic E-state index is -1.75. The largest absolute Gasteiger partial charge is 0.508 e. The van der Waals surface area contributed by atoms with Gasteiger partial charge in [0.05, 0.1) is 31.4 Å². The summed E-state index contributed by atoms with van der Waals surface area (Å²) in [5, 5.41) is 52.6. The molecule has 3 fully saturated rings. The quantitative estimate of drug-likeness (QED) is 0.0297. The van der Waals surface area contributed by atoms with Gasteiger partial charge in [-0.3, -0.25) is 81.5 Å². The molecule has 0 saturated carbocycles. The fraction of sp³-hybridized carbons (Fsp3) is 0.576. The number of phenolic OH excluding ortho intramolecular Hbond substituents is 1. The first-order valence-corrected chi connectivity index (χ1v) is 46.8. The van der Waals surface area contributed by atoms with Crippen LogP contribution in [0.5, 0.6) is 5.75 Å². The Kier molecular flexibility index (Phi) is 40.8. The molecule has 14 atom stereocenters. The number of likely N-dealkylation sites (N-methyl/N-ethyl adjacent to an activating group) is 3. The molecule has 3 aromatic carbocycles. The van der Waals surface area contributed by atoms with Crippen LogP contribution in [-0.2, 0) is 101 Å². The fourth-order valence-electron chi connectivity index (χ4n) is 16.6. The molecule has 0 spiro atoms. The average Bonchev–Trinajstić information content (AvgIpc) is 1.57. The molecule has 3 saturated heterocycles. The van der Waals surface area contributed by atoms with Crippen molar-refractivity contribution in [2.75, 3.05) is 92.6 Å². The van der Waals surface area contributed by atoms with Crippen molar-refractivity contribution in [1.82, 2.24) is 97.9 Å². The summed E-state index contributed by atoms with van der Waals surface area (Å²) >= 11 is 0.835. The van der Waals surface area contributed by atoms with Gasteiger partial charge in [-0.1, -0.05) is 116 Å². The van der Waals surface area contributed by atoms with Crippen molar-refractivity contribution in [1.29, 1.82) is 0 Å². The lowest BCUT2D eigenvalue weighted by atomic mass is 9.99. The van der Waals surface area contributed by atoms with E-state index in [-0.39, 0.29) is 101 Å². The van der Waals surface area contributed by atoms with Crippen LogP contribution in [0.3, 0.4) is 0 Å². The first kappa shape index (κ1) is 106. The molecule has 5 aromatic rings. The van der Waals surface area contributed by atoms with Crippen LogP contribution in [0.2, 0.25) is 0 Å². The third-order valence-electron chi connectivity index (χ3n) is 24.0. The van der Waals surface area contributed by atoms with Crippen LogP contribution < -0.4 is 70.0 Å². The summed E-state index contributed by atoms with van der Waals surface area (Å²) in [6.07, 6.45) is 2.95. The molecule has 19 N–H and O–H groups in total. The summed E-state index contributed by atoms with van der Waals surface area (Å²) in [7, 11) is 7.79. The number of phenols is 1. The topological polar surface area (TPSA) is 566 Å². The number of nitrogens with two attached hydrogens (primary N) is 2. The van der Waals surface area contributed by atoms with Gasteiger partial charge in [0.15, 0.2) is 0 Å². The number of aromatic amines is 2. The van der Waals surface area contributed by atoms with E-state index in [2.05, 4.69) is 68.5 Å². The molecule has 17 amide bonds. The number of aliphatic hydroxyl groups is 1. The van der Waals surface area contributed by atoms with E-state index < -0.39 is 223 Å². The molecule has 2 aromatic heterocycles. The highest BCUT2D eigenvalue weighted by Crippen LogP contribution is 2.28. The normalized spacial score (nSPS) is 24.5. The zero-order chi connectivity index (χ0) is 97.6. The van der Waals surface area contributed by atoms with Crippen molar-refractivity contribution in [3.63, 3.8) is 0 Å². The van der Waals surface area contributed by atoms with E-state index in [1.54, 1.807) is 70.4 Å². The molecule has 0 aliphatic carbocycles. The van der Waals surface area contributed by atoms with E-state index in [4.69, 9.17) is 11.5 Å². The van der Waals surface area contributed by atoms with Crippen LogP contribution in [0, 0.1) is 11.8 Å². The standard InChI is InChI=1S/C92H135N21O19S/c1-13-15-27-72-85(125)102-64(37-52(3)4)83(123)107-71(82(122)98-47-77(117)95-34-22-35-108(8)9)50-133-51-79(119)101-67(39-55-30-32-58(114)33-31-55)88(128)109(10)54(7)80(120)104-69(43-76(94)116)90(130)112-36-21-29-73(112)86(126)106-70(44-93)84(124)105-66(38-53(5)6)91(131)113-49-59(115)42-75(113)87(127)103-65(40-56-45-96-62-25-19-17-23-60(56)62)81(121)99-48-78(118)100-68(41-57-46-97-63-26-20-18-24-61(57)63)89(129)111(12)74(28-16-14-2)92(132)110(72)11/h17-20,23-26,30-33,45-46,52-54,59,64-75,96-97,114-115H,13-16,21-22,27-29,34-44,47-51,93H2,1-12H3,(H2,94,116)(H,95,117)(H,98,122)(H,99,121)(H,100,118)(H,101,119)(H,102,125)(H,103,127)(H,104,120)(H,105,124)(H,106,126)(H,107,123)/t54-,59+,64-,65-,66-,67-,68?,69-,70-,71-,72-,73-,74-,75-/m0/s1. The lowest BCUT2D eigenvalue weighted by Gasteiger charge is -2.36. The number of aromatic nitrogens is 2. The molecule has 133 heavy (non-hydrogen) atoms. The van der Waals surface area contributed by atoms with Gasteiger partial charge in [0, 0.05) is 113 Å². The Balaban J connectivity index is 1.17. The number of aliphatic hydroxyl groups excluding tert-OH is 1. The molecule has 0 radical (unpaired) electrons. The highest BCUT2D eigenvalue weighted by molar-refractivity contribution is 8.00. The van der Waals surface area contributed by atoms with Crippen LogP contribution in [0.4, 0.5) is 0 Å². The number of rotatable bonds is 26. The Labute approximate surface area is 779 Å². The van der Waals surface area contributed by atoms with Gasteiger partial charge in [0.1, 0.15) is 84.3 Å². The van der Waals surface area contributed by atoms with E-state index in [9.17, 15) is 63.0 Å². The maximum Gasteiger partial charge on any atom is 0.246 e. The van der Waals surface area contributed by atoms with Crippen LogP contribution in [0.15, 0.2) is 85.2 Å². The summed E-state index contributed by atoms with van der Waals surface area (Å²) in [4.78, 5) is 263. The summed E-state index contributed by atoms with van der Waals surface area (Å²) < 4.78 is 0. The minimum Gasteiger partial charge on any atom is -0.508 e. The number of hydrogen-bond acceptors (Lipinski definition) is 22. The molecule has 40 nitrogen and oxygen atoms in total. The number of carbonyl (C=O) groups excluding carboxylic acids is 17. The van der Waals surface area contributed by atoms with Crippen molar-refractivity contribution in [3.8, 4) is 5.75 Å². The molecule has 41 heteroatoms. The van der Waals surface area contributed by atoms with Crippen molar-refractivity contribution in [2.24, 2.45) is 23.3 Å². The highest BCUT2D eigenvalue weighted by Gasteiger charge is 2.46. The molecule has 728 valence electrons. The average molecular weight is 1870 g/mol. The van der Waals surface area contributed by atoms with E-state index in [0.29, 0.717) is 77.1 Å². The number of hydrogen-bond donors (Lipinski definition) is 17. The molecular formula is C92H135N21O19S. The third kappa shape index (κ3) is 30.7. The van der Waals surface area contributed by atoms with Gasteiger partial charge in [0.2, 0.25) is 100 Å². The van der Waals surface area contributed by atoms with Gasteiger partial charge in [-0.25, -0.2) is 0 Å². The monoisotopic (exact) mass is 1870 g/mol. The van der Waals surface area contributed by atoms with Crippen LogP contribution in [0.25, 0.3) is 21.8 Å². The number of thioether (sulfide) groups is 1. The highest BCUT2D eigenvalue weighted by atomic mass is 32.2. The first-order valence-electron chi connectivity index (χ1n) is 45.6. The maximum atomic E-state index is 15.6. The smallest absolute Gasteiger partial charge is 0.246 e. The van der Waals surface area contributed by atoms with Gasteiger partial charge < -0.3 is 120 Å². The van der Waals surface area contributed by atoms with E-state index in [1.807, 2.05) is 51.0 Å². The van der Waals surface area contributed by atoms with E-state index in [0.717, 1.165) is 26.5 Å². The van der Waals surface area contributed by atoms with Gasteiger partial charge in [0.25, 0.3) is 0 Å². The first-order chi connectivity index (χ1) is 63.2.